The van der Waals surface area contributed by atoms with Gasteiger partial charge in [-0.2, -0.15) is 4.98 Å². The molecule has 0 saturated heterocycles. The maximum Gasteiger partial charge on any atom is 0.224 e. The molecule has 0 radical (unpaired) electrons. The first kappa shape index (κ1) is 13.6. The molecule has 19 heavy (non-hydrogen) atoms. The van der Waals surface area contributed by atoms with E-state index in [4.69, 9.17) is 0 Å². The van der Waals surface area contributed by atoms with Gasteiger partial charge in [-0.3, -0.25) is 4.79 Å². The zero-order chi connectivity index (χ0) is 13.7. The molecule has 1 aliphatic carbocycles. The summed E-state index contributed by atoms with van der Waals surface area (Å²) < 4.78 is 0. The van der Waals surface area contributed by atoms with E-state index in [-0.39, 0.29) is 5.91 Å². The maximum absolute atomic E-state index is 11.5. The highest BCUT2D eigenvalue weighted by Crippen LogP contribution is 2.18. The fraction of sp³-hybridized carbons (Fsp3) is 0.615. The summed E-state index contributed by atoms with van der Waals surface area (Å²) >= 11 is 0. The van der Waals surface area contributed by atoms with E-state index < -0.39 is 0 Å². The van der Waals surface area contributed by atoms with Gasteiger partial charge in [-0.15, -0.1) is 0 Å². The Kier molecular flexibility index (Phi) is 4.54. The van der Waals surface area contributed by atoms with Gasteiger partial charge in [0.25, 0.3) is 0 Å². The number of hydrogen-bond donors (Lipinski definition) is 3. The Bertz CT molecular complexity index is 445. The van der Waals surface area contributed by atoms with E-state index in [0.29, 0.717) is 18.4 Å². The Balaban J connectivity index is 1.70. The summed E-state index contributed by atoms with van der Waals surface area (Å²) in [5.74, 6) is 1.57. The molecule has 1 aliphatic rings. The van der Waals surface area contributed by atoms with Crippen LogP contribution in [0.2, 0.25) is 0 Å². The fourth-order valence-corrected chi connectivity index (χ4v) is 1.72. The van der Waals surface area contributed by atoms with Gasteiger partial charge >= 0.3 is 0 Å². The number of carbonyl (C=O) groups excluding carboxylic acids is 1. The molecule has 0 aromatic carbocycles. The van der Waals surface area contributed by atoms with E-state index in [1.807, 2.05) is 6.92 Å². The van der Waals surface area contributed by atoms with Gasteiger partial charge in [-0.05, 0) is 26.2 Å². The standard InChI is InChI=1S/C13H21N5O/c1-9-8-16-13(14-2)18-12(9)15-7-3-4-11(19)17-10-5-6-10/h8,10H,3-7H2,1-2H3,(H,17,19)(H2,14,15,16,18). The van der Waals surface area contributed by atoms with E-state index in [0.717, 1.165) is 37.2 Å². The molecule has 0 bridgehead atoms. The van der Waals surface area contributed by atoms with Crippen molar-refractivity contribution in [2.75, 3.05) is 24.2 Å². The zero-order valence-electron chi connectivity index (χ0n) is 11.5. The van der Waals surface area contributed by atoms with Crippen molar-refractivity contribution in [2.45, 2.75) is 38.6 Å². The third-order valence-electron chi connectivity index (χ3n) is 3.01. The van der Waals surface area contributed by atoms with Crippen LogP contribution >= 0.6 is 0 Å². The molecule has 6 heteroatoms. The molecule has 1 heterocycles. The normalized spacial score (nSPS) is 14.0. The second kappa shape index (κ2) is 6.36. The van der Waals surface area contributed by atoms with Crippen LogP contribution < -0.4 is 16.0 Å². The number of nitrogens with zero attached hydrogens (tertiary/aromatic N) is 2. The number of rotatable bonds is 7. The molecule has 104 valence electrons. The van der Waals surface area contributed by atoms with Crippen LogP contribution in [0.4, 0.5) is 11.8 Å². The lowest BCUT2D eigenvalue weighted by Crippen LogP contribution is -2.25. The molecule has 2 rings (SSSR count). The number of aryl methyl sites for hydroxylation is 1. The molecule has 0 aliphatic heterocycles. The third-order valence-corrected chi connectivity index (χ3v) is 3.01. The van der Waals surface area contributed by atoms with Crippen molar-refractivity contribution in [3.05, 3.63) is 11.8 Å². The van der Waals surface area contributed by atoms with Crippen molar-refractivity contribution >= 4 is 17.7 Å². The number of amides is 1. The lowest BCUT2D eigenvalue weighted by Gasteiger charge is -2.09. The van der Waals surface area contributed by atoms with Crippen LogP contribution in [0.1, 0.15) is 31.2 Å². The molecule has 0 atom stereocenters. The minimum Gasteiger partial charge on any atom is -0.370 e. The monoisotopic (exact) mass is 263 g/mol. The Labute approximate surface area is 113 Å². The van der Waals surface area contributed by atoms with Gasteiger partial charge in [0.2, 0.25) is 11.9 Å². The first-order valence-electron chi connectivity index (χ1n) is 6.73. The third kappa shape index (κ3) is 4.39. The van der Waals surface area contributed by atoms with E-state index in [1.165, 1.54) is 0 Å². The van der Waals surface area contributed by atoms with Gasteiger partial charge in [0.15, 0.2) is 0 Å². The predicted molar refractivity (Wildman–Crippen MR) is 75.2 cm³/mol. The van der Waals surface area contributed by atoms with E-state index in [2.05, 4.69) is 25.9 Å². The predicted octanol–water partition coefficient (Wildman–Crippen LogP) is 1.30. The Morgan fingerprint density at radius 2 is 2.26 bits per heavy atom. The van der Waals surface area contributed by atoms with Gasteiger partial charge < -0.3 is 16.0 Å². The van der Waals surface area contributed by atoms with Gasteiger partial charge in [0.05, 0.1) is 0 Å². The Morgan fingerprint density at radius 3 is 2.95 bits per heavy atom. The van der Waals surface area contributed by atoms with E-state index in [1.54, 1.807) is 13.2 Å². The molecule has 6 nitrogen and oxygen atoms in total. The second-order valence-electron chi connectivity index (χ2n) is 4.85. The number of carbonyl (C=O) groups is 1. The average molecular weight is 263 g/mol. The van der Waals surface area contributed by atoms with Crippen LogP contribution in [-0.4, -0.2) is 35.5 Å². The SMILES string of the molecule is CNc1ncc(C)c(NCCCC(=O)NC2CC2)n1. The average Bonchev–Trinajstić information content (AvgIpc) is 3.20. The van der Waals surface area contributed by atoms with Crippen molar-refractivity contribution in [2.24, 2.45) is 0 Å². The Morgan fingerprint density at radius 1 is 1.47 bits per heavy atom. The molecule has 0 spiro atoms. The van der Waals surface area contributed by atoms with Gasteiger partial charge in [-0.25, -0.2) is 4.98 Å². The molecular formula is C13H21N5O. The zero-order valence-corrected chi connectivity index (χ0v) is 11.5. The minimum absolute atomic E-state index is 0.152. The summed E-state index contributed by atoms with van der Waals surface area (Å²) in [4.78, 5) is 20.0. The molecule has 1 aromatic rings. The lowest BCUT2D eigenvalue weighted by molar-refractivity contribution is -0.121. The van der Waals surface area contributed by atoms with Crippen molar-refractivity contribution in [1.82, 2.24) is 15.3 Å². The van der Waals surface area contributed by atoms with E-state index >= 15 is 0 Å². The molecule has 1 saturated carbocycles. The summed E-state index contributed by atoms with van der Waals surface area (Å²) in [5, 5.41) is 9.13. The number of hydrogen-bond acceptors (Lipinski definition) is 5. The first-order chi connectivity index (χ1) is 9.19. The summed E-state index contributed by atoms with van der Waals surface area (Å²) in [5.41, 5.74) is 1.00. The first-order valence-corrected chi connectivity index (χ1v) is 6.73. The van der Waals surface area contributed by atoms with Crippen LogP contribution in [0.3, 0.4) is 0 Å². The summed E-state index contributed by atoms with van der Waals surface area (Å²) in [7, 11) is 1.79. The highest BCUT2D eigenvalue weighted by Gasteiger charge is 2.22. The molecule has 1 fully saturated rings. The highest BCUT2D eigenvalue weighted by atomic mass is 16.1. The van der Waals surface area contributed by atoms with Crippen LogP contribution in [0, 0.1) is 6.92 Å². The highest BCUT2D eigenvalue weighted by molar-refractivity contribution is 5.76. The van der Waals surface area contributed by atoms with Gasteiger partial charge in [0.1, 0.15) is 5.82 Å². The number of nitrogens with one attached hydrogen (secondary N) is 3. The Hall–Kier alpha value is -1.85. The molecule has 1 aromatic heterocycles. The molecule has 1 amide bonds. The van der Waals surface area contributed by atoms with Crippen LogP contribution in [0.25, 0.3) is 0 Å². The van der Waals surface area contributed by atoms with Gasteiger partial charge in [-0.1, -0.05) is 0 Å². The van der Waals surface area contributed by atoms with Crippen molar-refractivity contribution in [3.8, 4) is 0 Å². The van der Waals surface area contributed by atoms with E-state index in [9.17, 15) is 4.79 Å². The van der Waals surface area contributed by atoms with Crippen molar-refractivity contribution in [3.63, 3.8) is 0 Å². The van der Waals surface area contributed by atoms with Crippen molar-refractivity contribution in [1.29, 1.82) is 0 Å². The summed E-state index contributed by atoms with van der Waals surface area (Å²) in [6.45, 7) is 2.70. The smallest absolute Gasteiger partial charge is 0.224 e. The number of anilines is 2. The fourth-order valence-electron chi connectivity index (χ4n) is 1.72. The minimum atomic E-state index is 0.152. The molecule has 0 unspecified atom stereocenters. The summed E-state index contributed by atoms with van der Waals surface area (Å²) in [6.07, 6.45) is 5.41. The lowest BCUT2D eigenvalue weighted by atomic mass is 10.3. The topological polar surface area (TPSA) is 78.9 Å². The molecule has 3 N–H and O–H groups in total. The van der Waals surface area contributed by atoms with Crippen LogP contribution in [0.15, 0.2) is 6.20 Å². The van der Waals surface area contributed by atoms with Gasteiger partial charge in [0, 0.05) is 37.8 Å². The largest absolute Gasteiger partial charge is 0.370 e. The van der Waals surface area contributed by atoms with Crippen LogP contribution in [0.5, 0.6) is 0 Å². The van der Waals surface area contributed by atoms with Crippen LogP contribution in [-0.2, 0) is 4.79 Å². The molecular weight excluding hydrogens is 242 g/mol. The second-order valence-corrected chi connectivity index (χ2v) is 4.85. The number of aromatic nitrogens is 2. The van der Waals surface area contributed by atoms with Crippen molar-refractivity contribution < 1.29 is 4.79 Å². The summed E-state index contributed by atoms with van der Waals surface area (Å²) in [6, 6.07) is 0.447. The maximum atomic E-state index is 11.5. The quantitative estimate of drug-likeness (QED) is 0.646.